The molecule has 0 bridgehead atoms. The highest BCUT2D eigenvalue weighted by Crippen LogP contribution is 2.24. The fraction of sp³-hybridized carbons (Fsp3) is 0.800. The predicted molar refractivity (Wildman–Crippen MR) is 68.1 cm³/mol. The molecule has 1 unspecified atom stereocenters. The van der Waals surface area contributed by atoms with Gasteiger partial charge < -0.3 is 4.90 Å². The lowest BCUT2D eigenvalue weighted by Crippen LogP contribution is -2.24. The van der Waals surface area contributed by atoms with Crippen molar-refractivity contribution in [3.63, 3.8) is 0 Å². The summed E-state index contributed by atoms with van der Waals surface area (Å²) in [5, 5.41) is 1.11. The van der Waals surface area contributed by atoms with Crippen LogP contribution in [0.1, 0.15) is 32.0 Å². The molecule has 0 amide bonds. The number of hydrogen-bond donors (Lipinski definition) is 0. The Morgan fingerprint density at radius 1 is 1.47 bits per heavy atom. The van der Waals surface area contributed by atoms with Crippen molar-refractivity contribution < 1.29 is 0 Å². The van der Waals surface area contributed by atoms with Gasteiger partial charge in [-0.1, -0.05) is 22.9 Å². The maximum Gasteiger partial charge on any atom is 0.205 e. The molecule has 1 aliphatic heterocycles. The topological polar surface area (TPSA) is 29.0 Å². The summed E-state index contributed by atoms with van der Waals surface area (Å²) >= 11 is 5.24. The Kier molecular flexibility index (Phi) is 3.97. The third kappa shape index (κ3) is 2.91. The summed E-state index contributed by atoms with van der Waals surface area (Å²) in [6.07, 6.45) is 4.67. The molecule has 0 aliphatic carbocycles. The van der Waals surface area contributed by atoms with Gasteiger partial charge in [0.25, 0.3) is 0 Å². The monoisotopic (exact) mass is 289 g/mol. The fourth-order valence-corrected chi connectivity index (χ4v) is 3.09. The zero-order valence-corrected chi connectivity index (χ0v) is 11.4. The normalized spacial score (nSPS) is 22.8. The van der Waals surface area contributed by atoms with E-state index in [0.717, 1.165) is 30.5 Å². The second-order valence-electron chi connectivity index (χ2n) is 3.86. The van der Waals surface area contributed by atoms with Crippen LogP contribution in [0.3, 0.4) is 0 Å². The number of rotatable bonds is 2. The summed E-state index contributed by atoms with van der Waals surface area (Å²) in [6.45, 7) is 4.33. The molecule has 2 heterocycles. The smallest absolute Gasteiger partial charge is 0.205 e. The van der Waals surface area contributed by atoms with Crippen LogP contribution in [-0.2, 0) is 6.42 Å². The van der Waals surface area contributed by atoms with Crippen LogP contribution in [0.2, 0.25) is 0 Å². The van der Waals surface area contributed by atoms with Gasteiger partial charge in [0, 0.05) is 35.9 Å². The minimum absolute atomic E-state index is 0.682. The summed E-state index contributed by atoms with van der Waals surface area (Å²) in [5.74, 6) is 0.981. The quantitative estimate of drug-likeness (QED) is 0.784. The highest BCUT2D eigenvalue weighted by molar-refractivity contribution is 9.09. The molecular weight excluding hydrogens is 274 g/mol. The molecule has 0 radical (unpaired) electrons. The summed E-state index contributed by atoms with van der Waals surface area (Å²) in [7, 11) is 0. The molecule has 3 nitrogen and oxygen atoms in total. The lowest BCUT2D eigenvalue weighted by atomic mass is 10.2. The Balaban J connectivity index is 2.03. The number of anilines is 1. The van der Waals surface area contributed by atoms with E-state index in [9.17, 15) is 0 Å². The first-order chi connectivity index (χ1) is 7.29. The van der Waals surface area contributed by atoms with E-state index in [1.807, 2.05) is 0 Å². The second-order valence-corrected chi connectivity index (χ2v) is 5.89. The molecule has 84 valence electrons. The third-order valence-electron chi connectivity index (χ3n) is 2.70. The van der Waals surface area contributed by atoms with Gasteiger partial charge in [0.2, 0.25) is 5.13 Å². The van der Waals surface area contributed by atoms with E-state index in [-0.39, 0.29) is 0 Å². The van der Waals surface area contributed by atoms with Crippen molar-refractivity contribution in [2.45, 2.75) is 37.4 Å². The Labute approximate surface area is 103 Å². The van der Waals surface area contributed by atoms with Crippen LogP contribution in [-0.4, -0.2) is 27.3 Å². The molecule has 0 N–H and O–H groups in total. The number of alkyl halides is 1. The molecule has 1 atom stereocenters. The molecule has 0 spiro atoms. The highest BCUT2D eigenvalue weighted by atomic mass is 79.9. The summed E-state index contributed by atoms with van der Waals surface area (Å²) in [5.41, 5.74) is 0. The van der Waals surface area contributed by atoms with Gasteiger partial charge in [0.05, 0.1) is 0 Å². The third-order valence-corrected chi connectivity index (χ3v) is 4.43. The maximum absolute atomic E-state index is 4.54. The van der Waals surface area contributed by atoms with Gasteiger partial charge in [-0.2, -0.15) is 4.37 Å². The van der Waals surface area contributed by atoms with Crippen LogP contribution < -0.4 is 4.90 Å². The molecule has 2 rings (SSSR count). The molecule has 0 saturated carbocycles. The second kappa shape index (κ2) is 5.25. The van der Waals surface area contributed by atoms with E-state index in [0.29, 0.717) is 4.83 Å². The van der Waals surface area contributed by atoms with Crippen molar-refractivity contribution in [1.82, 2.24) is 9.36 Å². The van der Waals surface area contributed by atoms with Crippen LogP contribution >= 0.6 is 27.5 Å². The molecule has 15 heavy (non-hydrogen) atoms. The molecule has 1 aromatic rings. The Morgan fingerprint density at radius 3 is 3.07 bits per heavy atom. The number of aryl methyl sites for hydroxylation is 1. The standard InChI is InChI=1S/C10H16BrN3S/c1-2-9-12-10(15-13-9)14-6-3-4-8(11)5-7-14/h8H,2-7H2,1H3. The van der Waals surface area contributed by atoms with Crippen molar-refractivity contribution in [3.8, 4) is 0 Å². The maximum atomic E-state index is 4.54. The van der Waals surface area contributed by atoms with Gasteiger partial charge in [-0.05, 0) is 19.3 Å². The predicted octanol–water partition coefficient (Wildman–Crippen LogP) is 2.85. The van der Waals surface area contributed by atoms with Gasteiger partial charge in [-0.15, -0.1) is 0 Å². The lowest BCUT2D eigenvalue weighted by molar-refractivity contribution is 0.754. The SMILES string of the molecule is CCc1nsc(N2CCCC(Br)CC2)n1. The Bertz CT molecular complexity index is 315. The van der Waals surface area contributed by atoms with Gasteiger partial charge in [0.1, 0.15) is 5.82 Å². The average Bonchev–Trinajstić information content (AvgIpc) is 2.62. The van der Waals surface area contributed by atoms with Crippen LogP contribution in [0.4, 0.5) is 5.13 Å². The average molecular weight is 290 g/mol. The van der Waals surface area contributed by atoms with E-state index in [2.05, 4.69) is 37.1 Å². The fourth-order valence-electron chi connectivity index (χ4n) is 1.76. The van der Waals surface area contributed by atoms with Crippen molar-refractivity contribution in [3.05, 3.63) is 5.82 Å². The molecule has 1 saturated heterocycles. The van der Waals surface area contributed by atoms with E-state index in [1.54, 1.807) is 11.5 Å². The molecule has 5 heteroatoms. The zero-order chi connectivity index (χ0) is 10.7. The molecule has 1 aliphatic rings. The summed E-state index contributed by atoms with van der Waals surface area (Å²) < 4.78 is 4.34. The van der Waals surface area contributed by atoms with Crippen molar-refractivity contribution in [1.29, 1.82) is 0 Å². The molecule has 1 aromatic heterocycles. The number of nitrogens with zero attached hydrogens (tertiary/aromatic N) is 3. The van der Waals surface area contributed by atoms with Crippen molar-refractivity contribution in [2.75, 3.05) is 18.0 Å². The Morgan fingerprint density at radius 2 is 2.33 bits per heavy atom. The van der Waals surface area contributed by atoms with Gasteiger partial charge in [0.15, 0.2) is 0 Å². The van der Waals surface area contributed by atoms with Crippen molar-refractivity contribution in [2.24, 2.45) is 0 Å². The van der Waals surface area contributed by atoms with E-state index in [4.69, 9.17) is 0 Å². The molecular formula is C10H16BrN3S. The van der Waals surface area contributed by atoms with Crippen LogP contribution in [0, 0.1) is 0 Å². The van der Waals surface area contributed by atoms with Crippen LogP contribution in [0.15, 0.2) is 0 Å². The minimum Gasteiger partial charge on any atom is -0.347 e. The lowest BCUT2D eigenvalue weighted by Gasteiger charge is -2.17. The van der Waals surface area contributed by atoms with E-state index in [1.165, 1.54) is 19.3 Å². The first kappa shape index (κ1) is 11.3. The first-order valence-electron chi connectivity index (χ1n) is 5.51. The van der Waals surface area contributed by atoms with E-state index >= 15 is 0 Å². The van der Waals surface area contributed by atoms with Crippen LogP contribution in [0.25, 0.3) is 0 Å². The van der Waals surface area contributed by atoms with Gasteiger partial charge in [-0.3, -0.25) is 0 Å². The minimum atomic E-state index is 0.682. The zero-order valence-electron chi connectivity index (χ0n) is 8.95. The number of halogens is 1. The van der Waals surface area contributed by atoms with Gasteiger partial charge in [-0.25, -0.2) is 4.98 Å². The summed E-state index contributed by atoms with van der Waals surface area (Å²) in [4.78, 5) is 7.59. The van der Waals surface area contributed by atoms with Crippen molar-refractivity contribution >= 4 is 32.6 Å². The highest BCUT2D eigenvalue weighted by Gasteiger charge is 2.17. The molecule has 0 aromatic carbocycles. The first-order valence-corrected chi connectivity index (χ1v) is 7.20. The largest absolute Gasteiger partial charge is 0.347 e. The molecule has 1 fully saturated rings. The number of hydrogen-bond acceptors (Lipinski definition) is 4. The van der Waals surface area contributed by atoms with Crippen LogP contribution in [0.5, 0.6) is 0 Å². The Hall–Kier alpha value is -0.160. The van der Waals surface area contributed by atoms with E-state index < -0.39 is 0 Å². The number of aromatic nitrogens is 2. The summed E-state index contributed by atoms with van der Waals surface area (Å²) in [6, 6.07) is 0. The van der Waals surface area contributed by atoms with Gasteiger partial charge >= 0.3 is 0 Å².